The third kappa shape index (κ3) is 1.38. The summed E-state index contributed by atoms with van der Waals surface area (Å²) in [6, 6.07) is 5.79. The van der Waals surface area contributed by atoms with Crippen LogP contribution in [-0.2, 0) is 7.05 Å². The summed E-state index contributed by atoms with van der Waals surface area (Å²) in [4.78, 5) is 11.2. The molecule has 2 nitrogen and oxygen atoms in total. The maximum atomic E-state index is 11.2. The molecule has 0 N–H and O–H groups in total. The predicted molar refractivity (Wildman–Crippen MR) is 60.6 cm³/mol. The SMILES string of the molecule is CC(=O)c1cc(Br)c2c(ccn2C)c1. The van der Waals surface area contributed by atoms with Crippen LogP contribution in [-0.4, -0.2) is 10.4 Å². The Morgan fingerprint density at radius 1 is 1.43 bits per heavy atom. The average molecular weight is 252 g/mol. The molecule has 0 saturated carbocycles. The fraction of sp³-hybridized carbons (Fsp3) is 0.182. The van der Waals surface area contributed by atoms with Gasteiger partial charge in [-0.05, 0) is 41.1 Å². The van der Waals surface area contributed by atoms with Crippen LogP contribution in [0.2, 0.25) is 0 Å². The van der Waals surface area contributed by atoms with E-state index < -0.39 is 0 Å². The minimum Gasteiger partial charge on any atom is -0.350 e. The number of carbonyl (C=O) groups excluding carboxylic acids is 1. The molecule has 2 aromatic rings. The molecule has 0 fully saturated rings. The van der Waals surface area contributed by atoms with E-state index >= 15 is 0 Å². The number of rotatable bonds is 1. The van der Waals surface area contributed by atoms with Crippen molar-refractivity contribution in [2.75, 3.05) is 0 Å². The minimum atomic E-state index is 0.0939. The van der Waals surface area contributed by atoms with Gasteiger partial charge in [-0.3, -0.25) is 4.79 Å². The first-order chi connectivity index (χ1) is 6.59. The summed E-state index contributed by atoms with van der Waals surface area (Å²) in [6.45, 7) is 1.58. The van der Waals surface area contributed by atoms with E-state index in [0.717, 1.165) is 20.9 Å². The van der Waals surface area contributed by atoms with Crippen molar-refractivity contribution in [2.24, 2.45) is 7.05 Å². The number of hydrogen-bond donors (Lipinski definition) is 0. The van der Waals surface area contributed by atoms with Gasteiger partial charge in [0.05, 0.1) is 5.52 Å². The number of ketones is 1. The fourth-order valence-electron chi connectivity index (χ4n) is 1.59. The zero-order valence-corrected chi connectivity index (χ0v) is 9.63. The van der Waals surface area contributed by atoms with E-state index in [-0.39, 0.29) is 5.78 Å². The molecule has 0 saturated heterocycles. The highest BCUT2D eigenvalue weighted by atomic mass is 79.9. The zero-order valence-electron chi connectivity index (χ0n) is 8.04. The molecule has 0 aliphatic carbocycles. The van der Waals surface area contributed by atoms with Gasteiger partial charge in [0.2, 0.25) is 0 Å². The molecule has 0 radical (unpaired) electrons. The number of fused-ring (bicyclic) bond motifs is 1. The van der Waals surface area contributed by atoms with E-state index in [1.807, 2.05) is 36.0 Å². The standard InChI is InChI=1S/C11H10BrNO/c1-7(14)9-5-8-3-4-13(2)11(8)10(12)6-9/h3-6H,1-2H3. The molecule has 1 aromatic heterocycles. The third-order valence-electron chi connectivity index (χ3n) is 2.33. The molecule has 0 aliphatic heterocycles. The number of aryl methyl sites for hydroxylation is 1. The monoisotopic (exact) mass is 251 g/mol. The molecule has 0 unspecified atom stereocenters. The van der Waals surface area contributed by atoms with Crippen molar-refractivity contribution < 1.29 is 4.79 Å². The van der Waals surface area contributed by atoms with Crippen LogP contribution in [0, 0.1) is 0 Å². The van der Waals surface area contributed by atoms with E-state index in [0.29, 0.717) is 0 Å². The van der Waals surface area contributed by atoms with Crippen LogP contribution in [0.3, 0.4) is 0 Å². The van der Waals surface area contributed by atoms with E-state index in [9.17, 15) is 4.79 Å². The zero-order chi connectivity index (χ0) is 10.3. The van der Waals surface area contributed by atoms with Gasteiger partial charge in [-0.15, -0.1) is 0 Å². The van der Waals surface area contributed by atoms with Crippen LogP contribution < -0.4 is 0 Å². The Balaban J connectivity index is 2.80. The Kier molecular flexibility index (Phi) is 2.19. The number of nitrogens with zero attached hydrogens (tertiary/aromatic N) is 1. The lowest BCUT2D eigenvalue weighted by molar-refractivity contribution is 0.101. The van der Waals surface area contributed by atoms with Gasteiger partial charge in [-0.2, -0.15) is 0 Å². The first kappa shape index (κ1) is 9.46. The minimum absolute atomic E-state index is 0.0939. The summed E-state index contributed by atoms with van der Waals surface area (Å²) >= 11 is 3.47. The molecule has 0 aliphatic rings. The second kappa shape index (κ2) is 3.24. The maximum Gasteiger partial charge on any atom is 0.159 e. The summed E-state index contributed by atoms with van der Waals surface area (Å²) in [5.74, 6) is 0.0939. The fourth-order valence-corrected chi connectivity index (χ4v) is 2.34. The first-order valence-corrected chi connectivity index (χ1v) is 5.14. The van der Waals surface area contributed by atoms with Crippen LogP contribution in [0.25, 0.3) is 10.9 Å². The number of Topliss-reactive ketones (excluding diaryl/α,β-unsaturated/α-hetero) is 1. The molecular formula is C11H10BrNO. The summed E-state index contributed by atoms with van der Waals surface area (Å²) < 4.78 is 3.00. The number of aromatic nitrogens is 1. The molecular weight excluding hydrogens is 242 g/mol. The molecule has 2 rings (SSSR count). The number of halogens is 1. The van der Waals surface area contributed by atoms with Gasteiger partial charge in [0, 0.05) is 28.7 Å². The normalized spacial score (nSPS) is 10.8. The molecule has 0 amide bonds. The molecule has 1 heterocycles. The van der Waals surface area contributed by atoms with E-state index in [1.54, 1.807) is 6.92 Å². The highest BCUT2D eigenvalue weighted by Gasteiger charge is 2.07. The van der Waals surface area contributed by atoms with E-state index in [2.05, 4.69) is 15.9 Å². The van der Waals surface area contributed by atoms with Crippen molar-refractivity contribution in [3.8, 4) is 0 Å². The first-order valence-electron chi connectivity index (χ1n) is 4.35. The van der Waals surface area contributed by atoms with Crippen molar-refractivity contribution in [3.05, 3.63) is 34.4 Å². The molecule has 3 heteroatoms. The van der Waals surface area contributed by atoms with Crippen LogP contribution >= 0.6 is 15.9 Å². The maximum absolute atomic E-state index is 11.2. The Bertz CT molecular complexity index is 513. The van der Waals surface area contributed by atoms with Crippen LogP contribution in [0.1, 0.15) is 17.3 Å². The van der Waals surface area contributed by atoms with Gasteiger partial charge >= 0.3 is 0 Å². The topological polar surface area (TPSA) is 22.0 Å². The summed E-state index contributed by atoms with van der Waals surface area (Å²) in [7, 11) is 1.99. The summed E-state index contributed by atoms with van der Waals surface area (Å²) in [5.41, 5.74) is 1.87. The number of carbonyl (C=O) groups is 1. The van der Waals surface area contributed by atoms with Gasteiger partial charge in [-0.25, -0.2) is 0 Å². The summed E-state index contributed by atoms with van der Waals surface area (Å²) in [6.07, 6.45) is 1.99. The lowest BCUT2D eigenvalue weighted by Crippen LogP contribution is -1.93. The highest BCUT2D eigenvalue weighted by molar-refractivity contribution is 9.10. The Labute approximate surface area is 90.7 Å². The average Bonchev–Trinajstić information content (AvgIpc) is 2.48. The molecule has 0 spiro atoms. The van der Waals surface area contributed by atoms with Gasteiger partial charge < -0.3 is 4.57 Å². The molecule has 14 heavy (non-hydrogen) atoms. The van der Waals surface area contributed by atoms with Crippen LogP contribution in [0.15, 0.2) is 28.9 Å². The molecule has 0 bridgehead atoms. The van der Waals surface area contributed by atoms with Gasteiger partial charge in [0.1, 0.15) is 0 Å². The van der Waals surface area contributed by atoms with Crippen LogP contribution in [0.4, 0.5) is 0 Å². The van der Waals surface area contributed by atoms with Crippen molar-refractivity contribution >= 4 is 32.6 Å². The highest BCUT2D eigenvalue weighted by Crippen LogP contribution is 2.26. The third-order valence-corrected chi connectivity index (χ3v) is 2.93. The summed E-state index contributed by atoms with van der Waals surface area (Å²) in [5, 5.41) is 1.09. The van der Waals surface area contributed by atoms with E-state index in [4.69, 9.17) is 0 Å². The van der Waals surface area contributed by atoms with Crippen LogP contribution in [0.5, 0.6) is 0 Å². The number of benzene rings is 1. The molecule has 72 valence electrons. The van der Waals surface area contributed by atoms with Crippen molar-refractivity contribution in [1.29, 1.82) is 0 Å². The van der Waals surface area contributed by atoms with Crippen molar-refractivity contribution in [1.82, 2.24) is 4.57 Å². The second-order valence-electron chi connectivity index (χ2n) is 3.38. The smallest absolute Gasteiger partial charge is 0.159 e. The van der Waals surface area contributed by atoms with Gasteiger partial charge in [0.15, 0.2) is 5.78 Å². The largest absolute Gasteiger partial charge is 0.350 e. The van der Waals surface area contributed by atoms with Crippen molar-refractivity contribution in [2.45, 2.75) is 6.92 Å². The Morgan fingerprint density at radius 3 is 2.79 bits per heavy atom. The lowest BCUT2D eigenvalue weighted by Gasteiger charge is -2.02. The van der Waals surface area contributed by atoms with Gasteiger partial charge in [0.25, 0.3) is 0 Å². The molecule has 0 atom stereocenters. The van der Waals surface area contributed by atoms with E-state index in [1.165, 1.54) is 0 Å². The quantitative estimate of drug-likeness (QED) is 0.714. The predicted octanol–water partition coefficient (Wildman–Crippen LogP) is 3.14. The Morgan fingerprint density at radius 2 is 2.14 bits per heavy atom. The van der Waals surface area contributed by atoms with Gasteiger partial charge in [-0.1, -0.05) is 0 Å². The number of hydrogen-bond acceptors (Lipinski definition) is 1. The Hall–Kier alpha value is -1.09. The lowest BCUT2D eigenvalue weighted by atomic mass is 10.1. The molecule has 1 aromatic carbocycles. The second-order valence-corrected chi connectivity index (χ2v) is 4.23. The van der Waals surface area contributed by atoms with Crippen molar-refractivity contribution in [3.63, 3.8) is 0 Å².